The molecule has 2 aliphatic heterocycles. The average molecular weight is 1220 g/mol. The van der Waals surface area contributed by atoms with Crippen molar-refractivity contribution in [2.45, 2.75) is 89.0 Å². The maximum absolute atomic E-state index is 15.4. The van der Waals surface area contributed by atoms with Crippen LogP contribution in [0.3, 0.4) is 0 Å². The molecule has 4 atom stereocenters. The molecule has 4 saturated carbocycles. The quantitative estimate of drug-likeness (QED) is 0.0562. The Labute approximate surface area is 507 Å². The number of ketones is 4. The molecule has 86 heavy (non-hydrogen) atoms. The van der Waals surface area contributed by atoms with Crippen LogP contribution in [0.5, 0.6) is 11.5 Å². The highest BCUT2D eigenvalue weighted by molar-refractivity contribution is 7.35. The minimum absolute atomic E-state index is 0.0150. The molecule has 16 nitrogen and oxygen atoms in total. The third kappa shape index (κ3) is 9.35. The van der Waals surface area contributed by atoms with E-state index in [-0.39, 0.29) is 93.6 Å². The number of carbonyl (C=O) groups excluding carboxylic acids is 8. The highest BCUT2D eigenvalue weighted by atomic mass is 32.1. The first kappa shape index (κ1) is 55.3. The van der Waals surface area contributed by atoms with E-state index >= 15 is 19.2 Å². The molecular weight excluding hydrogens is 1170 g/mol. The van der Waals surface area contributed by atoms with Gasteiger partial charge in [0.25, 0.3) is 0 Å². The van der Waals surface area contributed by atoms with Crippen molar-refractivity contribution in [3.8, 4) is 31.0 Å². The average Bonchev–Trinajstić information content (AvgIpc) is 1.54. The summed E-state index contributed by atoms with van der Waals surface area (Å²) in [6.07, 6.45) is 5.48. The molecule has 8 aromatic rings. The summed E-state index contributed by atoms with van der Waals surface area (Å²) in [6.45, 7) is -1.11. The minimum Gasteiger partial charge on any atom is -0.457 e. The zero-order valence-electron chi connectivity index (χ0n) is 45.7. The van der Waals surface area contributed by atoms with Gasteiger partial charge in [-0.15, -0.1) is 45.3 Å². The predicted octanol–water partition coefficient (Wildman–Crippen LogP) is 12.6. The molecule has 4 aliphatic carbocycles. The van der Waals surface area contributed by atoms with Crippen molar-refractivity contribution in [2.24, 2.45) is 33.7 Å². The van der Waals surface area contributed by atoms with Crippen LogP contribution in [-0.4, -0.2) is 58.4 Å². The largest absolute Gasteiger partial charge is 0.457 e. The molecule has 432 valence electrons. The number of nitrogens with zero attached hydrogens (tertiary/aromatic N) is 2. The van der Waals surface area contributed by atoms with Gasteiger partial charge in [-0.05, 0) is 60.1 Å². The van der Waals surface area contributed by atoms with Gasteiger partial charge in [0.1, 0.15) is 36.4 Å². The normalized spacial score (nSPS) is 20.3. The van der Waals surface area contributed by atoms with Crippen molar-refractivity contribution in [1.29, 1.82) is 0 Å². The fourth-order valence-electron chi connectivity index (χ4n) is 12.5. The number of thiophene rings is 4. The van der Waals surface area contributed by atoms with Crippen LogP contribution in [0.25, 0.3) is 28.9 Å². The minimum atomic E-state index is -2.71. The van der Waals surface area contributed by atoms with Gasteiger partial charge in [-0.1, -0.05) is 147 Å². The topological polar surface area (TPSA) is 217 Å². The summed E-state index contributed by atoms with van der Waals surface area (Å²) in [7, 11) is 0. The number of hydrogen-bond donors (Lipinski definition) is 0. The van der Waals surface area contributed by atoms with Crippen molar-refractivity contribution < 1.29 is 66.8 Å². The maximum atomic E-state index is 15.4. The van der Waals surface area contributed by atoms with Gasteiger partial charge in [-0.2, -0.15) is 0 Å². The molecule has 0 radical (unpaired) electrons. The number of fused-ring (bicyclic) bond motifs is 11. The Morgan fingerprint density at radius 1 is 0.407 bits per heavy atom. The molecule has 20 heteroatoms. The van der Waals surface area contributed by atoms with E-state index in [2.05, 4.69) is 0 Å². The Bertz CT molecular complexity index is 3750. The maximum Gasteiger partial charge on any atom is 0.367 e. The number of ether oxygens (including phenoxy) is 6. The van der Waals surface area contributed by atoms with E-state index in [1.54, 1.807) is 97.1 Å². The van der Waals surface area contributed by atoms with Gasteiger partial charge in [-0.3, -0.25) is 19.2 Å². The van der Waals surface area contributed by atoms with Crippen LogP contribution in [0.2, 0.25) is 0 Å². The van der Waals surface area contributed by atoms with Crippen LogP contribution in [0.4, 0.5) is 10.0 Å². The van der Waals surface area contributed by atoms with Crippen molar-refractivity contribution in [3.63, 3.8) is 0 Å². The molecule has 6 aliphatic rings. The highest BCUT2D eigenvalue weighted by Gasteiger charge is 2.62. The van der Waals surface area contributed by atoms with Gasteiger partial charge in [0.2, 0.25) is 0 Å². The van der Waals surface area contributed by atoms with E-state index in [9.17, 15) is 19.2 Å². The van der Waals surface area contributed by atoms with Crippen LogP contribution >= 0.6 is 45.3 Å². The summed E-state index contributed by atoms with van der Waals surface area (Å²) in [5.41, 5.74) is -3.45. The molecule has 0 N–H and O–H groups in total. The Morgan fingerprint density at radius 2 is 0.686 bits per heavy atom. The summed E-state index contributed by atoms with van der Waals surface area (Å²) in [4.78, 5) is 129. The summed E-state index contributed by atoms with van der Waals surface area (Å²) >= 11 is 4.28. The first-order valence-corrected chi connectivity index (χ1v) is 31.6. The van der Waals surface area contributed by atoms with E-state index in [1.807, 2.05) is 24.3 Å². The molecular formula is C66H50N2O14S4. The Kier molecular flexibility index (Phi) is 14.4. The molecule has 0 bridgehead atoms. The second-order valence-corrected chi connectivity index (χ2v) is 26.1. The van der Waals surface area contributed by atoms with Crippen LogP contribution in [-0.2, 0) is 94.9 Å². The fourth-order valence-corrected chi connectivity index (χ4v) is 17.5. The molecule has 14 rings (SSSR count). The number of esters is 4. The number of Topliss-reactive ketones (excluding diaryl/α,β-unsaturated/α-hetero) is 4. The standard InChI is InChI=1S/C66H50N2O14S4/c69-49-39-25-13-14-26-40(39)50(70)47(49)67-45-29-43-55(83-45)57-53(81-65(43,61(73)77-31-35-17-5-1-6-18-35)62(74)78-32-36-19-7-2-8-20-36)59-60(85-57)54-58(86-59)56-44(30-46(84-56)68-48-51(71)41-27-15-16-28-42(41)52(48)72)66(82-54,63(75)79-33-37-21-9-3-10-22-37)64(76)80-34-38-23-11-4-12-24-38/h1-12,17-24,29-30,39-42H,13-16,25-28,31-34H2. The number of benzene rings is 4. The van der Waals surface area contributed by atoms with Gasteiger partial charge in [-0.25, -0.2) is 29.2 Å². The third-order valence-corrected chi connectivity index (χ3v) is 21.7. The van der Waals surface area contributed by atoms with E-state index in [0.717, 1.165) is 71.0 Å². The lowest BCUT2D eigenvalue weighted by atomic mass is 9.81. The molecule has 4 fully saturated rings. The molecule has 0 amide bonds. The third-order valence-electron chi connectivity index (χ3n) is 16.8. The van der Waals surface area contributed by atoms with Gasteiger partial charge >= 0.3 is 35.1 Å². The van der Waals surface area contributed by atoms with Crippen LogP contribution < -0.4 is 9.47 Å². The van der Waals surface area contributed by atoms with Crippen LogP contribution in [0.15, 0.2) is 143 Å². The van der Waals surface area contributed by atoms with Crippen molar-refractivity contribution in [1.82, 2.24) is 0 Å². The number of hydrogen-bond acceptors (Lipinski definition) is 20. The van der Waals surface area contributed by atoms with Crippen LogP contribution in [0, 0.1) is 23.7 Å². The van der Waals surface area contributed by atoms with Gasteiger partial charge in [0, 0.05) is 34.8 Å². The lowest BCUT2D eigenvalue weighted by Crippen LogP contribution is -2.52. The van der Waals surface area contributed by atoms with Gasteiger partial charge in [0.05, 0.1) is 28.9 Å². The Morgan fingerprint density at radius 3 is 0.965 bits per heavy atom. The van der Waals surface area contributed by atoms with E-state index in [0.29, 0.717) is 76.8 Å². The summed E-state index contributed by atoms with van der Waals surface area (Å²) < 4.78 is 39.0. The smallest absolute Gasteiger partial charge is 0.367 e. The summed E-state index contributed by atoms with van der Waals surface area (Å²) in [5, 5.41) is 0.259. The van der Waals surface area contributed by atoms with E-state index < -0.39 is 58.8 Å². The molecule has 4 unspecified atom stereocenters. The summed E-state index contributed by atoms with van der Waals surface area (Å²) in [5.74, 6) is -7.89. The first-order chi connectivity index (χ1) is 41.9. The molecule has 4 aromatic heterocycles. The predicted molar refractivity (Wildman–Crippen MR) is 321 cm³/mol. The number of carbonyl (C=O) groups is 8. The number of aliphatic imine (C=N–C) groups is 2. The SMILES string of the molecule is O=C1C(=Nc2cc3c(s2)-c2sc4c5c(sc4c2OC3(C(=O)OCc2ccccc2)C(=O)OCc2ccccc2)-c2sc(N=C3C(=O)C4CCCCC4C3=O)cc2C(C(=O)OCc2ccccc2)(C(=O)OCc2ccccc2)O5)C(=O)C2CCCCC12. The first-order valence-electron chi connectivity index (χ1n) is 28.4. The zero-order valence-corrected chi connectivity index (χ0v) is 49.0. The molecule has 6 heterocycles. The van der Waals surface area contributed by atoms with Crippen molar-refractivity contribution in [2.75, 3.05) is 0 Å². The monoisotopic (exact) mass is 1220 g/mol. The Balaban J connectivity index is 0.960. The fraction of sp³-hybridized carbons (Fsp3) is 0.273. The molecule has 0 spiro atoms. The highest BCUT2D eigenvalue weighted by Crippen LogP contribution is 2.66. The van der Waals surface area contributed by atoms with E-state index in [1.165, 1.54) is 12.1 Å². The van der Waals surface area contributed by atoms with Crippen molar-refractivity contribution in [3.05, 3.63) is 167 Å². The number of rotatable bonds is 14. The molecule has 4 aromatic carbocycles. The lowest BCUT2D eigenvalue weighted by molar-refractivity contribution is -0.185. The second-order valence-electron chi connectivity index (χ2n) is 22.0. The van der Waals surface area contributed by atoms with Crippen molar-refractivity contribution >= 4 is 123 Å². The van der Waals surface area contributed by atoms with Gasteiger partial charge < -0.3 is 28.4 Å². The van der Waals surface area contributed by atoms with E-state index in [4.69, 9.17) is 38.4 Å². The molecule has 0 saturated heterocycles. The second kappa shape index (κ2) is 22.4. The summed E-state index contributed by atoms with van der Waals surface area (Å²) in [6, 6.07) is 38.4. The zero-order chi connectivity index (χ0) is 58.8. The van der Waals surface area contributed by atoms with Crippen LogP contribution in [0.1, 0.15) is 84.7 Å². The van der Waals surface area contributed by atoms with Gasteiger partial charge in [0.15, 0.2) is 46.1 Å². The Hall–Kier alpha value is -8.56. The lowest BCUT2D eigenvalue weighted by Gasteiger charge is -2.33.